The monoisotopic (exact) mass is 219 g/mol. The number of nitrogens with two attached hydrogens (primary N) is 2. The molecule has 15 heavy (non-hydrogen) atoms. The number of carbonyl (C=O) groups excluding carboxylic acids is 1. The fourth-order valence-corrected chi connectivity index (χ4v) is 1.41. The first-order valence-corrected chi connectivity index (χ1v) is 4.21. The number of hydrogen-bond donors (Lipinski definition) is 6. The zero-order valence-electron chi connectivity index (χ0n) is 7.69. The van der Waals surface area contributed by atoms with Crippen LogP contribution in [0, 0.1) is 0 Å². The van der Waals surface area contributed by atoms with Crippen molar-refractivity contribution in [1.29, 1.82) is 0 Å². The van der Waals surface area contributed by atoms with Gasteiger partial charge in [0.1, 0.15) is 30.5 Å². The van der Waals surface area contributed by atoms with E-state index in [4.69, 9.17) is 16.6 Å². The molecule has 0 aromatic heterocycles. The van der Waals surface area contributed by atoms with Gasteiger partial charge in [-0.1, -0.05) is 0 Å². The minimum absolute atomic E-state index is 0.436. The highest BCUT2D eigenvalue weighted by Gasteiger charge is 2.48. The van der Waals surface area contributed by atoms with Crippen LogP contribution in [0.3, 0.4) is 0 Å². The van der Waals surface area contributed by atoms with Gasteiger partial charge in [-0.2, -0.15) is 0 Å². The second-order valence-electron chi connectivity index (χ2n) is 3.32. The van der Waals surface area contributed by atoms with Crippen molar-refractivity contribution < 1.29 is 25.2 Å². The molecule has 0 unspecified atom stereocenters. The van der Waals surface area contributed by atoms with Crippen LogP contribution in [0.5, 0.6) is 0 Å². The van der Waals surface area contributed by atoms with E-state index < -0.39 is 42.2 Å². The first-order chi connectivity index (χ1) is 6.86. The number of ketones is 1. The number of nitrogens with zero attached hydrogens (tertiary/aromatic N) is 1. The second-order valence-corrected chi connectivity index (χ2v) is 3.32. The summed E-state index contributed by atoms with van der Waals surface area (Å²) in [6, 6.07) is -1.36. The summed E-state index contributed by atoms with van der Waals surface area (Å²) in [5, 5.41) is 37.1. The average molecular weight is 219 g/mol. The van der Waals surface area contributed by atoms with Crippen LogP contribution in [0.25, 0.3) is 0 Å². The second kappa shape index (κ2) is 4.11. The molecule has 0 bridgehead atoms. The predicted molar refractivity (Wildman–Crippen MR) is 48.6 cm³/mol. The van der Waals surface area contributed by atoms with E-state index in [0.717, 1.165) is 0 Å². The molecule has 0 aromatic rings. The zero-order valence-corrected chi connectivity index (χ0v) is 7.69. The highest BCUT2D eigenvalue weighted by atomic mass is 16.4. The standard InChI is InChI=1S/C7H13N3O5/c8-7(9)10-1-2(11)4(13)6(15)5(14)3(1)12/h1-4,6,11-13,15H,(H4,8,9,10)/t1-,2-,3+,4+,6-/m1/s1. The van der Waals surface area contributed by atoms with Crippen LogP contribution in [0.15, 0.2) is 4.99 Å². The lowest BCUT2D eigenvalue weighted by atomic mass is 9.85. The lowest BCUT2D eigenvalue weighted by Crippen LogP contribution is -2.61. The molecule has 0 amide bonds. The number of hydrogen-bond acceptors (Lipinski definition) is 6. The molecule has 1 aliphatic carbocycles. The van der Waals surface area contributed by atoms with Gasteiger partial charge in [-0.25, -0.2) is 4.99 Å². The van der Waals surface area contributed by atoms with E-state index >= 15 is 0 Å². The number of guanidine groups is 1. The number of carbonyl (C=O) groups is 1. The third kappa shape index (κ3) is 2.07. The van der Waals surface area contributed by atoms with Gasteiger partial charge in [0.25, 0.3) is 0 Å². The molecule has 8 N–H and O–H groups in total. The molecule has 8 heteroatoms. The predicted octanol–water partition coefficient (Wildman–Crippen LogP) is -4.35. The largest absolute Gasteiger partial charge is 0.388 e. The summed E-state index contributed by atoms with van der Waals surface area (Å²) in [5.74, 6) is -1.46. The molecule has 0 saturated heterocycles. The topological polar surface area (TPSA) is 162 Å². The highest BCUT2D eigenvalue weighted by Crippen LogP contribution is 2.20. The van der Waals surface area contributed by atoms with Crippen LogP contribution in [-0.4, -0.2) is 62.6 Å². The third-order valence-corrected chi connectivity index (χ3v) is 2.23. The molecule has 1 rings (SSSR count). The summed E-state index contributed by atoms with van der Waals surface area (Å²) >= 11 is 0. The van der Waals surface area contributed by atoms with Crippen molar-refractivity contribution in [3.63, 3.8) is 0 Å². The van der Waals surface area contributed by atoms with Gasteiger partial charge < -0.3 is 31.9 Å². The van der Waals surface area contributed by atoms with Gasteiger partial charge in [-0.05, 0) is 0 Å². The molecule has 0 aliphatic heterocycles. The Kier molecular flexibility index (Phi) is 3.25. The van der Waals surface area contributed by atoms with Crippen molar-refractivity contribution in [3.8, 4) is 0 Å². The van der Waals surface area contributed by atoms with Crippen LogP contribution in [0.2, 0.25) is 0 Å². The van der Waals surface area contributed by atoms with E-state index in [2.05, 4.69) is 4.99 Å². The van der Waals surface area contributed by atoms with E-state index in [1.54, 1.807) is 0 Å². The molecule has 0 spiro atoms. The van der Waals surface area contributed by atoms with E-state index in [0.29, 0.717) is 0 Å². The van der Waals surface area contributed by atoms with Crippen LogP contribution < -0.4 is 11.5 Å². The number of aliphatic hydroxyl groups is 4. The van der Waals surface area contributed by atoms with Crippen molar-refractivity contribution in [2.24, 2.45) is 16.5 Å². The number of aliphatic imine (C=N–C) groups is 1. The first-order valence-electron chi connectivity index (χ1n) is 4.21. The Hall–Kier alpha value is -1.22. The van der Waals surface area contributed by atoms with Crippen LogP contribution in [-0.2, 0) is 4.79 Å². The van der Waals surface area contributed by atoms with Crippen LogP contribution in [0.1, 0.15) is 0 Å². The Morgan fingerprint density at radius 1 is 1.07 bits per heavy atom. The Labute approximate surface area is 84.8 Å². The Balaban J connectivity index is 2.97. The number of aliphatic hydroxyl groups excluding tert-OH is 4. The van der Waals surface area contributed by atoms with Gasteiger partial charge in [0.15, 0.2) is 11.7 Å². The van der Waals surface area contributed by atoms with Crippen molar-refractivity contribution in [3.05, 3.63) is 0 Å². The summed E-state index contributed by atoms with van der Waals surface area (Å²) < 4.78 is 0. The molecule has 0 radical (unpaired) electrons. The highest BCUT2D eigenvalue weighted by molar-refractivity contribution is 5.90. The van der Waals surface area contributed by atoms with Gasteiger partial charge >= 0.3 is 0 Å². The molecular weight excluding hydrogens is 206 g/mol. The molecule has 1 saturated carbocycles. The quantitative estimate of drug-likeness (QED) is 0.192. The van der Waals surface area contributed by atoms with Gasteiger partial charge in [-0.15, -0.1) is 0 Å². The molecule has 1 aliphatic rings. The average Bonchev–Trinajstić information content (AvgIpc) is 2.18. The summed E-state index contributed by atoms with van der Waals surface area (Å²) in [6.45, 7) is 0. The minimum atomic E-state index is -1.83. The Morgan fingerprint density at radius 3 is 2.07 bits per heavy atom. The maximum absolute atomic E-state index is 11.2. The maximum atomic E-state index is 11.2. The Bertz CT molecular complexity index is 290. The van der Waals surface area contributed by atoms with Crippen molar-refractivity contribution in [2.75, 3.05) is 0 Å². The van der Waals surface area contributed by atoms with Gasteiger partial charge in [0, 0.05) is 0 Å². The Morgan fingerprint density at radius 2 is 1.60 bits per heavy atom. The lowest BCUT2D eigenvalue weighted by Gasteiger charge is -2.35. The fourth-order valence-electron chi connectivity index (χ4n) is 1.41. The maximum Gasteiger partial charge on any atom is 0.194 e. The normalized spacial score (nSPS) is 41.3. The van der Waals surface area contributed by atoms with E-state index in [1.807, 2.05) is 0 Å². The molecule has 5 atom stereocenters. The molecule has 0 aromatic carbocycles. The first kappa shape index (κ1) is 11.9. The molecular formula is C7H13N3O5. The van der Waals surface area contributed by atoms with Crippen molar-refractivity contribution in [1.82, 2.24) is 0 Å². The zero-order chi connectivity index (χ0) is 11.7. The van der Waals surface area contributed by atoms with Crippen molar-refractivity contribution in [2.45, 2.75) is 30.5 Å². The van der Waals surface area contributed by atoms with Gasteiger partial charge in [-0.3, -0.25) is 4.79 Å². The molecule has 0 heterocycles. The number of Topliss-reactive ketones (excluding diaryl/α,β-unsaturated/α-hetero) is 1. The third-order valence-electron chi connectivity index (χ3n) is 2.23. The summed E-state index contributed by atoms with van der Waals surface area (Å²) in [4.78, 5) is 14.6. The minimum Gasteiger partial charge on any atom is -0.388 e. The van der Waals surface area contributed by atoms with Gasteiger partial charge in [0.2, 0.25) is 0 Å². The van der Waals surface area contributed by atoms with Crippen LogP contribution >= 0.6 is 0 Å². The molecule has 86 valence electrons. The van der Waals surface area contributed by atoms with Gasteiger partial charge in [0.05, 0.1) is 0 Å². The van der Waals surface area contributed by atoms with Crippen molar-refractivity contribution >= 4 is 11.7 Å². The summed E-state index contributed by atoms with van der Waals surface area (Å²) in [6.07, 6.45) is -6.88. The fraction of sp³-hybridized carbons (Fsp3) is 0.714. The number of rotatable bonds is 1. The lowest BCUT2D eigenvalue weighted by molar-refractivity contribution is -0.163. The molecule has 8 nitrogen and oxygen atoms in total. The van der Waals surface area contributed by atoms with E-state index in [9.17, 15) is 20.1 Å². The van der Waals surface area contributed by atoms with Crippen LogP contribution in [0.4, 0.5) is 0 Å². The SMILES string of the molecule is NC(N)=N[C@@H]1[C@@H](O)[C@H](O)[C@@H](O)C(=O)[C@H]1O. The van der Waals surface area contributed by atoms with E-state index in [-0.39, 0.29) is 0 Å². The smallest absolute Gasteiger partial charge is 0.194 e. The van der Waals surface area contributed by atoms with E-state index in [1.165, 1.54) is 0 Å². The molecule has 1 fully saturated rings. The summed E-state index contributed by atoms with van der Waals surface area (Å²) in [5.41, 5.74) is 10.0. The summed E-state index contributed by atoms with van der Waals surface area (Å²) in [7, 11) is 0.